The Morgan fingerprint density at radius 1 is 0.938 bits per heavy atom. The van der Waals surface area contributed by atoms with Crippen molar-refractivity contribution in [2.24, 2.45) is 11.8 Å². The number of aromatic amines is 2. The number of likely N-dealkylation sites (tertiary alicyclic amines) is 2. The predicted molar refractivity (Wildman–Crippen MR) is 243 cm³/mol. The van der Waals surface area contributed by atoms with Crippen LogP contribution in [0.1, 0.15) is 91.9 Å². The minimum absolute atomic E-state index is 0.0610. The minimum atomic E-state index is -3.21. The largest absolute Gasteiger partial charge is 0.488 e. The number of nitrogens with one attached hydrogen (secondary N) is 4. The van der Waals surface area contributed by atoms with E-state index >= 15 is 0 Å². The monoisotopic (exact) mass is 890 g/mol. The maximum absolute atomic E-state index is 14.7. The molecule has 16 nitrogen and oxygen atoms in total. The fraction of sp³-hybridized carbons (Fsp3) is 0.388. The molecule has 338 valence electrons. The molecular formula is C49H54N8O8. The number of carbonyl (C=O) groups is 4. The van der Waals surface area contributed by atoms with Crippen LogP contribution < -0.4 is 15.4 Å². The van der Waals surface area contributed by atoms with Gasteiger partial charge in [0, 0.05) is 36.6 Å². The lowest BCUT2D eigenvalue weighted by Crippen LogP contribution is -2.52. The van der Waals surface area contributed by atoms with E-state index in [1.54, 1.807) is 6.20 Å². The summed E-state index contributed by atoms with van der Waals surface area (Å²) in [5, 5.41) is 6.69. The number of hydrogen-bond donors (Lipinski definition) is 4. The van der Waals surface area contributed by atoms with Crippen LogP contribution in [-0.2, 0) is 30.4 Å². The molecular weight excluding hydrogens is 829 g/mol. The molecule has 4 amide bonds. The molecule has 0 unspecified atom stereocenters. The second-order valence-electron chi connectivity index (χ2n) is 17.1. The zero-order valence-electron chi connectivity index (χ0n) is 44.5. The van der Waals surface area contributed by atoms with Gasteiger partial charge >= 0.3 is 12.2 Å². The molecule has 2 fully saturated rings. The highest BCUT2D eigenvalue weighted by Crippen LogP contribution is 2.44. The first kappa shape index (κ1) is 34.5. The molecule has 0 radical (unpaired) electrons. The molecule has 16 heteroatoms. The van der Waals surface area contributed by atoms with Crippen molar-refractivity contribution in [3.8, 4) is 28.1 Å². The Bertz CT molecular complexity index is 3150. The number of H-pyrrole nitrogens is 2. The fourth-order valence-corrected chi connectivity index (χ4v) is 9.52. The van der Waals surface area contributed by atoms with Crippen molar-refractivity contribution in [3.63, 3.8) is 0 Å². The Morgan fingerprint density at radius 3 is 2.52 bits per heavy atom. The van der Waals surface area contributed by atoms with Crippen LogP contribution in [0.15, 0.2) is 78.9 Å². The molecule has 0 saturated carbocycles. The number of benzene rings is 4. The van der Waals surface area contributed by atoms with Crippen LogP contribution in [0.3, 0.4) is 0 Å². The summed E-state index contributed by atoms with van der Waals surface area (Å²) in [6.45, 7) is 6.30. The van der Waals surface area contributed by atoms with Crippen molar-refractivity contribution < 1.29 is 49.1 Å². The molecule has 2 saturated heterocycles. The number of fused-ring (bicyclic) bond motifs is 6. The molecule has 65 heavy (non-hydrogen) atoms. The summed E-state index contributed by atoms with van der Waals surface area (Å²) in [7, 11) is -0.433. The fourth-order valence-electron chi connectivity index (χ4n) is 9.52. The van der Waals surface area contributed by atoms with E-state index in [0.717, 1.165) is 50.5 Å². The summed E-state index contributed by atoms with van der Waals surface area (Å²) in [5.74, 6) is 0.188. The van der Waals surface area contributed by atoms with Crippen LogP contribution in [0.4, 0.5) is 9.59 Å². The van der Waals surface area contributed by atoms with E-state index in [0.29, 0.717) is 35.9 Å². The third-order valence-corrected chi connectivity index (χ3v) is 12.7. The van der Waals surface area contributed by atoms with Crippen molar-refractivity contribution in [1.29, 1.82) is 0 Å². The molecule has 9 rings (SSSR count). The van der Waals surface area contributed by atoms with Gasteiger partial charge in [-0.2, -0.15) is 0 Å². The molecule has 6 atom stereocenters. The Balaban J connectivity index is 0.992. The lowest BCUT2D eigenvalue weighted by Gasteiger charge is -2.32. The summed E-state index contributed by atoms with van der Waals surface area (Å²) in [6, 6.07) is 6.34. The van der Waals surface area contributed by atoms with Crippen molar-refractivity contribution in [3.05, 3.63) is 102 Å². The number of imidazole rings is 2. The summed E-state index contributed by atoms with van der Waals surface area (Å²) < 4.78 is 85.2. The standard InChI is InChI=1S/C49H54N8O8/c1-26(2)41(54-48(60)63-5)47(59)57-27(3)12-17-38(57)45-51-36-16-14-30-20-35-33-15-13-31(19-32(33)25-65-40(35)21-34(30)43(36)53-45)37-22-50-44(52-37)39-18-28(24-62-4)23-56(39)46(58)42(55-49(61)64-6)29-10-8-7-9-11-29/h7-11,13-16,19-22,26-28,38-39,41-42H,12,17-18,23-25H2,1-6H3,(H,50,52)(H,51,53)(H,54,60)(H,55,61)/t27-,28-,38-,39-,41-,42+/m0/s1/i6D3,7D,8D,9D,10D,11D. The first-order valence-corrected chi connectivity index (χ1v) is 21.5. The van der Waals surface area contributed by atoms with Crippen LogP contribution in [0, 0.1) is 11.8 Å². The van der Waals surface area contributed by atoms with Gasteiger partial charge in [-0.05, 0) is 84.0 Å². The van der Waals surface area contributed by atoms with Crippen LogP contribution in [-0.4, -0.2) is 100 Å². The Hall–Kier alpha value is -6.94. The molecule has 3 aliphatic rings. The molecule has 4 N–H and O–H groups in total. The Labute approximate surface area is 387 Å². The van der Waals surface area contributed by atoms with Gasteiger partial charge < -0.3 is 49.3 Å². The van der Waals surface area contributed by atoms with E-state index in [9.17, 15) is 19.2 Å². The normalized spacial score (nSPS) is 21.9. The molecule has 0 aliphatic carbocycles. The zero-order chi connectivity index (χ0) is 52.4. The van der Waals surface area contributed by atoms with Crippen molar-refractivity contribution in [2.45, 2.75) is 76.8 Å². The maximum Gasteiger partial charge on any atom is 0.407 e. The van der Waals surface area contributed by atoms with E-state index in [-0.39, 0.29) is 49.6 Å². The lowest BCUT2D eigenvalue weighted by atomic mass is 9.92. The van der Waals surface area contributed by atoms with Crippen molar-refractivity contribution in [2.75, 3.05) is 34.4 Å². The SMILES string of the molecule is [2H]c1c([2H])c([2H])c([C@@H](NC(=O)OC([2H])([2H])[2H])C(=O)N2C[C@@H](COC)C[C@H]2c2ncc(-c3ccc4c(c3)COc3cc5c(ccc6[nH]c([C@@H]7CC[C@H](C)N7C(=O)[C@@H](NC(=O)OC)C(C)C)nc65)cc3-4)[nH]2)c([2H])c1[2H]. The average molecular weight is 891 g/mol. The van der Waals surface area contributed by atoms with E-state index < -0.39 is 79.0 Å². The first-order chi connectivity index (χ1) is 34.7. The third-order valence-electron chi connectivity index (χ3n) is 12.7. The third kappa shape index (κ3) is 8.22. The summed E-state index contributed by atoms with van der Waals surface area (Å²) in [6.07, 6.45) is 1.20. The number of alkyl carbamates (subject to hydrolysis) is 2. The smallest absolute Gasteiger partial charge is 0.407 e. The van der Waals surface area contributed by atoms with E-state index in [4.69, 9.17) is 30.2 Å². The lowest BCUT2D eigenvalue weighted by molar-refractivity contribution is -0.137. The topological polar surface area (TPSA) is 193 Å². The number of hydrogen-bond acceptors (Lipinski definition) is 10. The van der Waals surface area contributed by atoms with Gasteiger partial charge in [-0.3, -0.25) is 9.59 Å². The highest BCUT2D eigenvalue weighted by molar-refractivity contribution is 6.07. The van der Waals surface area contributed by atoms with Gasteiger partial charge in [-0.25, -0.2) is 19.6 Å². The number of amides is 4. The second kappa shape index (κ2) is 17.9. The molecule has 2 aromatic heterocycles. The molecule has 0 bridgehead atoms. The Kier molecular flexibility index (Phi) is 9.50. The second-order valence-corrected chi connectivity index (χ2v) is 17.1. The molecule has 0 spiro atoms. The van der Waals surface area contributed by atoms with Gasteiger partial charge in [-0.15, -0.1) is 0 Å². The molecule has 3 aliphatic heterocycles. The number of carbonyl (C=O) groups excluding carboxylic acids is 4. The van der Waals surface area contributed by atoms with Crippen LogP contribution >= 0.6 is 0 Å². The quantitative estimate of drug-likeness (QED) is 0.100. The van der Waals surface area contributed by atoms with Crippen LogP contribution in [0.2, 0.25) is 0 Å². The number of aromatic nitrogens is 4. The summed E-state index contributed by atoms with van der Waals surface area (Å²) >= 11 is 0. The van der Waals surface area contributed by atoms with Gasteiger partial charge in [-0.1, -0.05) is 62.3 Å². The van der Waals surface area contributed by atoms with Gasteiger partial charge in [0.15, 0.2) is 0 Å². The summed E-state index contributed by atoms with van der Waals surface area (Å²) in [4.78, 5) is 73.7. The highest BCUT2D eigenvalue weighted by atomic mass is 16.5. The van der Waals surface area contributed by atoms with Gasteiger partial charge in [0.2, 0.25) is 5.91 Å². The van der Waals surface area contributed by atoms with Crippen LogP contribution in [0.5, 0.6) is 5.75 Å². The van der Waals surface area contributed by atoms with Crippen molar-refractivity contribution >= 4 is 45.8 Å². The predicted octanol–water partition coefficient (Wildman–Crippen LogP) is 7.73. The number of rotatable bonds is 11. The Morgan fingerprint density at radius 2 is 1.75 bits per heavy atom. The van der Waals surface area contributed by atoms with Gasteiger partial charge in [0.05, 0.1) is 66.7 Å². The first-order valence-electron chi connectivity index (χ1n) is 25.5. The zero-order valence-corrected chi connectivity index (χ0v) is 36.5. The van der Waals surface area contributed by atoms with E-state index in [2.05, 4.69) is 36.4 Å². The number of methoxy groups -OCH3 is 3. The van der Waals surface area contributed by atoms with E-state index in [1.807, 2.05) is 62.1 Å². The highest BCUT2D eigenvalue weighted by Gasteiger charge is 2.43. The van der Waals surface area contributed by atoms with Crippen LogP contribution in [0.25, 0.3) is 44.2 Å². The average Bonchev–Trinajstić information content (AvgIpc) is 4.18. The summed E-state index contributed by atoms with van der Waals surface area (Å²) in [5.41, 5.74) is 5.10. The molecule has 4 aromatic carbocycles. The van der Waals surface area contributed by atoms with E-state index in [1.165, 1.54) is 19.1 Å². The maximum atomic E-state index is 14.7. The molecule has 6 aromatic rings. The number of ether oxygens (including phenoxy) is 4. The number of nitrogens with zero attached hydrogens (tertiary/aromatic N) is 4. The van der Waals surface area contributed by atoms with Gasteiger partial charge in [0.1, 0.15) is 36.1 Å². The minimum Gasteiger partial charge on any atom is -0.488 e. The van der Waals surface area contributed by atoms with Crippen molar-refractivity contribution in [1.82, 2.24) is 40.4 Å². The molecule has 5 heterocycles. The van der Waals surface area contributed by atoms with Gasteiger partial charge in [0.25, 0.3) is 5.91 Å².